The number of Topliss-reactive ketones (excluding diaryl/α,β-unsaturated/α-hetero) is 1. The first-order valence-electron chi connectivity index (χ1n) is 6.20. The zero-order valence-electron chi connectivity index (χ0n) is 10.3. The lowest BCUT2D eigenvalue weighted by Crippen LogP contribution is -2.12. The van der Waals surface area contributed by atoms with Crippen molar-refractivity contribution in [1.82, 2.24) is 0 Å². The summed E-state index contributed by atoms with van der Waals surface area (Å²) in [4.78, 5) is 12.0. The van der Waals surface area contributed by atoms with Gasteiger partial charge in [-0.15, -0.1) is 0 Å². The molecule has 0 heterocycles. The summed E-state index contributed by atoms with van der Waals surface area (Å²) in [5.74, 6) is 0.860. The van der Waals surface area contributed by atoms with E-state index in [2.05, 4.69) is 6.07 Å². The monoisotopic (exact) mass is 233 g/mol. The Balaban J connectivity index is 2.43. The Morgan fingerprint density at radius 1 is 1.35 bits per heavy atom. The van der Waals surface area contributed by atoms with Crippen molar-refractivity contribution in [3.63, 3.8) is 0 Å². The lowest BCUT2D eigenvalue weighted by molar-refractivity contribution is 0.0982. The molecule has 0 saturated carbocycles. The molecule has 3 heteroatoms. The number of rotatable bonds is 4. The summed E-state index contributed by atoms with van der Waals surface area (Å²) in [5.41, 5.74) is 8.68. The van der Waals surface area contributed by atoms with Crippen molar-refractivity contribution in [3.05, 3.63) is 28.8 Å². The van der Waals surface area contributed by atoms with E-state index in [9.17, 15) is 4.79 Å². The number of carbonyl (C=O) groups excluding carboxylic acids is 1. The number of carbonyl (C=O) groups is 1. The van der Waals surface area contributed by atoms with E-state index in [0.29, 0.717) is 18.5 Å². The molecule has 1 aromatic carbocycles. The van der Waals surface area contributed by atoms with Crippen molar-refractivity contribution in [2.75, 3.05) is 13.7 Å². The summed E-state index contributed by atoms with van der Waals surface area (Å²) in [7, 11) is 1.64. The van der Waals surface area contributed by atoms with Crippen LogP contribution in [0.25, 0.3) is 0 Å². The van der Waals surface area contributed by atoms with E-state index < -0.39 is 0 Å². The van der Waals surface area contributed by atoms with Crippen LogP contribution in [0.5, 0.6) is 5.75 Å². The molecule has 1 aromatic rings. The maximum absolute atomic E-state index is 12.0. The molecule has 1 aliphatic rings. The van der Waals surface area contributed by atoms with Crippen molar-refractivity contribution in [2.45, 2.75) is 32.1 Å². The van der Waals surface area contributed by atoms with Crippen LogP contribution in [0, 0.1) is 0 Å². The molecule has 2 rings (SSSR count). The molecule has 0 bridgehead atoms. The quantitative estimate of drug-likeness (QED) is 0.810. The Hall–Kier alpha value is -1.35. The maximum Gasteiger partial charge on any atom is 0.167 e. The van der Waals surface area contributed by atoms with E-state index in [0.717, 1.165) is 18.6 Å². The van der Waals surface area contributed by atoms with Crippen LogP contribution in [0.15, 0.2) is 12.1 Å². The molecule has 0 aliphatic heterocycles. The third-order valence-corrected chi connectivity index (χ3v) is 3.36. The third-order valence-electron chi connectivity index (χ3n) is 3.36. The van der Waals surface area contributed by atoms with Crippen LogP contribution in [-0.2, 0) is 12.8 Å². The van der Waals surface area contributed by atoms with E-state index in [4.69, 9.17) is 10.5 Å². The predicted octanol–water partition coefficient (Wildman–Crippen LogP) is 2.11. The fourth-order valence-corrected chi connectivity index (χ4v) is 2.51. The second-order valence-electron chi connectivity index (χ2n) is 4.45. The van der Waals surface area contributed by atoms with Crippen molar-refractivity contribution < 1.29 is 9.53 Å². The van der Waals surface area contributed by atoms with E-state index >= 15 is 0 Å². The lowest BCUT2D eigenvalue weighted by Gasteiger charge is -2.20. The number of ether oxygens (including phenoxy) is 1. The number of methoxy groups -OCH3 is 1. The second-order valence-corrected chi connectivity index (χ2v) is 4.45. The summed E-state index contributed by atoms with van der Waals surface area (Å²) in [6.07, 6.45) is 4.90. The molecule has 0 fully saturated rings. The Morgan fingerprint density at radius 3 is 2.82 bits per heavy atom. The molecule has 0 radical (unpaired) electrons. The molecule has 0 aromatic heterocycles. The lowest BCUT2D eigenvalue weighted by atomic mass is 9.88. The van der Waals surface area contributed by atoms with Gasteiger partial charge in [0.15, 0.2) is 5.78 Å². The van der Waals surface area contributed by atoms with Gasteiger partial charge in [0.05, 0.1) is 12.7 Å². The topological polar surface area (TPSA) is 52.3 Å². The van der Waals surface area contributed by atoms with Crippen LogP contribution >= 0.6 is 0 Å². The number of fused-ring (bicyclic) bond motifs is 1. The highest BCUT2D eigenvalue weighted by atomic mass is 16.5. The standard InChI is InChI=1S/C14H19NO2/c1-17-14-11-5-3-2-4-10(11)6-7-12(14)13(16)8-9-15/h6-7H,2-5,8-9,15H2,1H3. The second kappa shape index (κ2) is 5.32. The van der Waals surface area contributed by atoms with Crippen LogP contribution in [0.1, 0.15) is 40.7 Å². The molecule has 3 nitrogen and oxygen atoms in total. The number of nitrogens with two attached hydrogens (primary N) is 1. The van der Waals surface area contributed by atoms with E-state index in [1.807, 2.05) is 6.07 Å². The molecule has 0 saturated heterocycles. The highest BCUT2D eigenvalue weighted by Gasteiger charge is 2.20. The van der Waals surface area contributed by atoms with E-state index in [1.54, 1.807) is 7.11 Å². The van der Waals surface area contributed by atoms with Crippen molar-refractivity contribution in [1.29, 1.82) is 0 Å². The molecule has 0 amide bonds. The summed E-state index contributed by atoms with van der Waals surface area (Å²) in [6.45, 7) is 0.388. The van der Waals surface area contributed by atoms with Gasteiger partial charge in [-0.2, -0.15) is 0 Å². The van der Waals surface area contributed by atoms with Gasteiger partial charge in [0, 0.05) is 6.42 Å². The van der Waals surface area contributed by atoms with Gasteiger partial charge in [-0.3, -0.25) is 4.79 Å². The molecule has 0 spiro atoms. The number of aryl methyl sites for hydroxylation is 1. The summed E-state index contributed by atoms with van der Waals surface area (Å²) >= 11 is 0. The number of ketones is 1. The van der Waals surface area contributed by atoms with Gasteiger partial charge >= 0.3 is 0 Å². The van der Waals surface area contributed by atoms with Crippen molar-refractivity contribution in [3.8, 4) is 5.75 Å². The zero-order valence-corrected chi connectivity index (χ0v) is 10.3. The molecule has 0 atom stereocenters. The van der Waals surface area contributed by atoms with Gasteiger partial charge in [0.25, 0.3) is 0 Å². The van der Waals surface area contributed by atoms with Crippen LogP contribution in [0.2, 0.25) is 0 Å². The summed E-state index contributed by atoms with van der Waals surface area (Å²) in [6, 6.07) is 3.96. The Morgan fingerprint density at radius 2 is 2.12 bits per heavy atom. The molecule has 92 valence electrons. The number of hydrogen-bond donors (Lipinski definition) is 1. The first-order valence-corrected chi connectivity index (χ1v) is 6.20. The minimum Gasteiger partial charge on any atom is -0.496 e. The fraction of sp³-hybridized carbons (Fsp3) is 0.500. The molecular weight excluding hydrogens is 214 g/mol. The Labute approximate surface area is 102 Å². The first kappa shape index (κ1) is 12.1. The highest BCUT2D eigenvalue weighted by Crippen LogP contribution is 2.33. The first-order chi connectivity index (χ1) is 8.27. The van der Waals surface area contributed by atoms with Crippen molar-refractivity contribution in [2.24, 2.45) is 5.73 Å². The number of benzene rings is 1. The van der Waals surface area contributed by atoms with Gasteiger partial charge in [-0.25, -0.2) is 0 Å². The van der Waals surface area contributed by atoms with Crippen LogP contribution in [-0.4, -0.2) is 19.4 Å². The summed E-state index contributed by atoms with van der Waals surface area (Å²) < 4.78 is 5.45. The fourth-order valence-electron chi connectivity index (χ4n) is 2.51. The molecule has 0 unspecified atom stereocenters. The molecule has 17 heavy (non-hydrogen) atoms. The van der Waals surface area contributed by atoms with Gasteiger partial charge < -0.3 is 10.5 Å². The SMILES string of the molecule is COc1c(C(=O)CCN)ccc2c1CCCC2. The molecular formula is C14H19NO2. The average molecular weight is 233 g/mol. The molecule has 1 aliphatic carbocycles. The third kappa shape index (κ3) is 2.34. The van der Waals surface area contributed by atoms with Gasteiger partial charge in [0.1, 0.15) is 5.75 Å². The van der Waals surface area contributed by atoms with E-state index in [1.165, 1.54) is 24.0 Å². The smallest absolute Gasteiger partial charge is 0.167 e. The Kier molecular flexibility index (Phi) is 3.79. The minimum atomic E-state index is 0.0812. The van der Waals surface area contributed by atoms with Crippen LogP contribution in [0.4, 0.5) is 0 Å². The largest absolute Gasteiger partial charge is 0.496 e. The maximum atomic E-state index is 12.0. The summed E-state index contributed by atoms with van der Waals surface area (Å²) in [5, 5.41) is 0. The zero-order chi connectivity index (χ0) is 12.3. The van der Waals surface area contributed by atoms with Gasteiger partial charge in [0.2, 0.25) is 0 Å². The van der Waals surface area contributed by atoms with E-state index in [-0.39, 0.29) is 5.78 Å². The molecule has 2 N–H and O–H groups in total. The van der Waals surface area contributed by atoms with Crippen LogP contribution < -0.4 is 10.5 Å². The van der Waals surface area contributed by atoms with Crippen molar-refractivity contribution >= 4 is 5.78 Å². The minimum absolute atomic E-state index is 0.0812. The Bertz CT molecular complexity index is 426. The normalized spacial score (nSPS) is 14.2. The highest BCUT2D eigenvalue weighted by molar-refractivity contribution is 5.99. The van der Waals surface area contributed by atoms with Crippen LogP contribution in [0.3, 0.4) is 0 Å². The van der Waals surface area contributed by atoms with Gasteiger partial charge in [-0.05, 0) is 49.4 Å². The average Bonchev–Trinajstić information content (AvgIpc) is 2.37. The van der Waals surface area contributed by atoms with Gasteiger partial charge in [-0.1, -0.05) is 6.07 Å². The predicted molar refractivity (Wildman–Crippen MR) is 67.6 cm³/mol. The number of hydrogen-bond acceptors (Lipinski definition) is 3.